The number of ether oxygens (including phenoxy) is 1. The van der Waals surface area contributed by atoms with E-state index >= 15 is 0 Å². The number of hydrogen-bond acceptors (Lipinski definition) is 5. The Kier molecular flexibility index (Phi) is 10.8. The average Bonchev–Trinajstić information content (AvgIpc) is 2.76. The van der Waals surface area contributed by atoms with Crippen LogP contribution in [-0.2, 0) is 9.59 Å². The van der Waals surface area contributed by atoms with Gasteiger partial charge in [0.25, 0.3) is 11.8 Å². The summed E-state index contributed by atoms with van der Waals surface area (Å²) in [4.78, 5) is 24.8. The summed E-state index contributed by atoms with van der Waals surface area (Å²) in [5, 5.41) is 6.41. The minimum Gasteiger partial charge on any atom is -0.484 e. The fraction of sp³-hybridized carbons (Fsp3) is 0.571. The summed E-state index contributed by atoms with van der Waals surface area (Å²) in [6, 6.07) is 8.73. The van der Waals surface area contributed by atoms with Crippen molar-refractivity contribution in [3.05, 3.63) is 30.3 Å². The number of para-hydroxylation sites is 1. The molecule has 1 aliphatic rings. The quantitative estimate of drug-likeness (QED) is 0.338. The molecule has 3 atom stereocenters. The zero-order valence-electron chi connectivity index (χ0n) is 17.6. The predicted octanol–water partition coefficient (Wildman–Crippen LogP) is 2.38. The Morgan fingerprint density at radius 2 is 1.93 bits per heavy atom. The van der Waals surface area contributed by atoms with Crippen molar-refractivity contribution in [1.29, 1.82) is 0 Å². The topological polar surface area (TPSA) is 91.5 Å². The minimum absolute atomic E-state index is 0.153. The van der Waals surface area contributed by atoms with Crippen LogP contribution in [0.4, 0.5) is 0 Å². The summed E-state index contributed by atoms with van der Waals surface area (Å²) >= 11 is 6.93. The van der Waals surface area contributed by atoms with Crippen molar-refractivity contribution < 1.29 is 14.3 Å². The third-order valence-corrected chi connectivity index (χ3v) is 5.97. The summed E-state index contributed by atoms with van der Waals surface area (Å²) in [5.74, 6) is 1.20. The van der Waals surface area contributed by atoms with Crippen molar-refractivity contribution in [2.45, 2.75) is 51.1 Å². The SMILES string of the molecule is CSCCC(NC(=O)COc1ccccc1)C(=O)NNC(=S)NC1CCCCC1C. The molecule has 0 radical (unpaired) electrons. The first-order valence-electron chi connectivity index (χ1n) is 10.3. The number of amides is 2. The average molecular weight is 453 g/mol. The Labute approximate surface area is 188 Å². The van der Waals surface area contributed by atoms with E-state index < -0.39 is 6.04 Å². The fourth-order valence-electron chi connectivity index (χ4n) is 3.35. The van der Waals surface area contributed by atoms with Crippen LogP contribution in [-0.4, -0.2) is 47.6 Å². The molecule has 4 N–H and O–H groups in total. The molecule has 3 unspecified atom stereocenters. The zero-order chi connectivity index (χ0) is 21.8. The smallest absolute Gasteiger partial charge is 0.260 e. The molecule has 0 saturated heterocycles. The predicted molar refractivity (Wildman–Crippen MR) is 125 cm³/mol. The highest BCUT2D eigenvalue weighted by atomic mass is 32.2. The number of thioether (sulfide) groups is 1. The highest BCUT2D eigenvalue weighted by molar-refractivity contribution is 7.98. The van der Waals surface area contributed by atoms with Gasteiger partial charge in [-0.3, -0.25) is 20.4 Å². The van der Waals surface area contributed by atoms with Crippen molar-refractivity contribution in [3.63, 3.8) is 0 Å². The van der Waals surface area contributed by atoms with Crippen LogP contribution in [0.2, 0.25) is 0 Å². The van der Waals surface area contributed by atoms with Gasteiger partial charge in [-0.15, -0.1) is 0 Å². The van der Waals surface area contributed by atoms with Crippen LogP contribution >= 0.6 is 24.0 Å². The summed E-state index contributed by atoms with van der Waals surface area (Å²) in [7, 11) is 0. The number of carbonyl (C=O) groups is 2. The second-order valence-corrected chi connectivity index (χ2v) is 8.85. The van der Waals surface area contributed by atoms with Gasteiger partial charge in [0.15, 0.2) is 11.7 Å². The van der Waals surface area contributed by atoms with Gasteiger partial charge in [0.1, 0.15) is 11.8 Å². The van der Waals surface area contributed by atoms with E-state index in [0.29, 0.717) is 29.2 Å². The third-order valence-electron chi connectivity index (χ3n) is 5.10. The summed E-state index contributed by atoms with van der Waals surface area (Å²) in [6.45, 7) is 2.06. The molecule has 2 amide bonds. The number of nitrogens with one attached hydrogen (secondary N) is 4. The molecule has 0 aromatic heterocycles. The fourth-order valence-corrected chi connectivity index (χ4v) is 4.02. The van der Waals surface area contributed by atoms with Crippen LogP contribution in [0.3, 0.4) is 0 Å². The Morgan fingerprint density at radius 1 is 1.20 bits per heavy atom. The molecule has 1 saturated carbocycles. The highest BCUT2D eigenvalue weighted by Crippen LogP contribution is 2.23. The van der Waals surface area contributed by atoms with Crippen LogP contribution in [0.5, 0.6) is 5.75 Å². The van der Waals surface area contributed by atoms with Crippen molar-refractivity contribution >= 4 is 40.9 Å². The maximum Gasteiger partial charge on any atom is 0.260 e. The van der Waals surface area contributed by atoms with Crippen molar-refractivity contribution in [1.82, 2.24) is 21.5 Å². The molecule has 1 aromatic rings. The summed E-state index contributed by atoms with van der Waals surface area (Å²) in [5.41, 5.74) is 5.39. The molecule has 0 spiro atoms. The Bertz CT molecular complexity index is 690. The van der Waals surface area contributed by atoms with E-state index in [1.165, 1.54) is 19.3 Å². The maximum atomic E-state index is 12.6. The van der Waals surface area contributed by atoms with E-state index in [4.69, 9.17) is 17.0 Å². The van der Waals surface area contributed by atoms with Crippen LogP contribution in [0.1, 0.15) is 39.0 Å². The molecular weight excluding hydrogens is 420 g/mol. The Morgan fingerprint density at radius 3 is 2.63 bits per heavy atom. The normalized spacial score (nSPS) is 19.3. The number of hydrogen-bond donors (Lipinski definition) is 4. The maximum absolute atomic E-state index is 12.6. The molecule has 1 aromatic carbocycles. The molecule has 1 aliphatic carbocycles. The molecule has 166 valence electrons. The van der Waals surface area contributed by atoms with Gasteiger partial charge in [0.05, 0.1) is 0 Å². The molecule has 0 aliphatic heterocycles. The van der Waals surface area contributed by atoms with Crippen LogP contribution < -0.4 is 26.2 Å². The first-order valence-corrected chi connectivity index (χ1v) is 12.1. The van der Waals surface area contributed by atoms with E-state index in [1.807, 2.05) is 24.5 Å². The number of rotatable bonds is 9. The molecule has 0 bridgehead atoms. The highest BCUT2D eigenvalue weighted by Gasteiger charge is 2.23. The second-order valence-electron chi connectivity index (χ2n) is 7.46. The van der Waals surface area contributed by atoms with Crippen LogP contribution in [0, 0.1) is 5.92 Å². The van der Waals surface area contributed by atoms with Gasteiger partial charge in [-0.2, -0.15) is 11.8 Å². The van der Waals surface area contributed by atoms with E-state index in [2.05, 4.69) is 28.4 Å². The first-order chi connectivity index (χ1) is 14.5. The number of carbonyl (C=O) groups excluding carboxylic acids is 2. The first kappa shape index (κ1) is 24.3. The lowest BCUT2D eigenvalue weighted by molar-refractivity contribution is -0.130. The lowest BCUT2D eigenvalue weighted by atomic mass is 9.86. The summed E-state index contributed by atoms with van der Waals surface area (Å²) in [6.07, 6.45) is 7.15. The molecule has 30 heavy (non-hydrogen) atoms. The number of benzene rings is 1. The van der Waals surface area contributed by atoms with Gasteiger partial charge in [-0.25, -0.2) is 0 Å². The lowest BCUT2D eigenvalue weighted by Gasteiger charge is -2.30. The molecule has 7 nitrogen and oxygen atoms in total. The second kappa shape index (κ2) is 13.3. The van der Waals surface area contributed by atoms with Gasteiger partial charge in [0, 0.05) is 6.04 Å². The van der Waals surface area contributed by atoms with E-state index in [9.17, 15) is 9.59 Å². The van der Waals surface area contributed by atoms with Crippen molar-refractivity contribution in [3.8, 4) is 5.75 Å². The van der Waals surface area contributed by atoms with E-state index in [1.54, 1.807) is 23.9 Å². The van der Waals surface area contributed by atoms with Crippen LogP contribution in [0.25, 0.3) is 0 Å². The van der Waals surface area contributed by atoms with Crippen LogP contribution in [0.15, 0.2) is 30.3 Å². The van der Waals surface area contributed by atoms with Gasteiger partial charge in [-0.05, 0) is 61.5 Å². The molecule has 1 fully saturated rings. The Hall–Kier alpha value is -2.00. The van der Waals surface area contributed by atoms with Gasteiger partial charge in [0.2, 0.25) is 0 Å². The van der Waals surface area contributed by atoms with Gasteiger partial charge < -0.3 is 15.4 Å². The molecule has 9 heteroatoms. The Balaban J connectivity index is 1.78. The minimum atomic E-state index is -0.673. The molecule has 0 heterocycles. The van der Waals surface area contributed by atoms with Crippen molar-refractivity contribution in [2.75, 3.05) is 18.6 Å². The number of hydrazine groups is 1. The van der Waals surface area contributed by atoms with Crippen molar-refractivity contribution in [2.24, 2.45) is 5.92 Å². The summed E-state index contributed by atoms with van der Waals surface area (Å²) < 4.78 is 5.45. The van der Waals surface area contributed by atoms with E-state index in [-0.39, 0.29) is 18.4 Å². The number of thiocarbonyl (C=S) groups is 1. The van der Waals surface area contributed by atoms with E-state index in [0.717, 1.165) is 12.2 Å². The zero-order valence-corrected chi connectivity index (χ0v) is 19.2. The lowest BCUT2D eigenvalue weighted by Crippen LogP contribution is -2.56. The molecular formula is C21H32N4O3S2. The van der Waals surface area contributed by atoms with Gasteiger partial charge in [-0.1, -0.05) is 38.0 Å². The largest absolute Gasteiger partial charge is 0.484 e. The van der Waals surface area contributed by atoms with Gasteiger partial charge >= 0.3 is 0 Å². The monoisotopic (exact) mass is 452 g/mol. The molecule has 2 rings (SSSR count). The third kappa shape index (κ3) is 8.79. The standard InChI is InChI=1S/C21H32N4O3S2/c1-15-8-6-7-11-17(15)23-21(29)25-24-20(27)18(12-13-30-2)22-19(26)14-28-16-9-4-3-5-10-16/h3-5,9-10,15,17-18H,6-8,11-14H2,1-2H3,(H,22,26)(H,24,27)(H2,23,25,29).